The molecule has 0 saturated carbocycles. The van der Waals surface area contributed by atoms with E-state index in [2.05, 4.69) is 0 Å². The van der Waals surface area contributed by atoms with Gasteiger partial charge in [0.15, 0.2) is 0 Å². The summed E-state index contributed by atoms with van der Waals surface area (Å²) < 4.78 is 50.4. The number of anilines is 1. The fraction of sp³-hybridized carbons (Fsp3) is 0.364. The van der Waals surface area contributed by atoms with Crippen LogP contribution in [0, 0.1) is 5.82 Å². The van der Waals surface area contributed by atoms with E-state index in [0.29, 0.717) is 12.1 Å². The molecule has 0 spiro atoms. The Morgan fingerprint density at radius 1 is 1.33 bits per heavy atom. The van der Waals surface area contributed by atoms with Crippen LogP contribution in [0.25, 0.3) is 0 Å². The Morgan fingerprint density at radius 2 is 2.00 bits per heavy atom. The number of hydrogen-bond donors (Lipinski definition) is 1. The number of rotatable bonds is 1. The summed E-state index contributed by atoms with van der Waals surface area (Å²) in [6.45, 7) is 0.184. The first-order valence-corrected chi connectivity index (χ1v) is 5.21. The van der Waals surface area contributed by atoms with E-state index in [1.807, 2.05) is 0 Å². The number of amides is 1. The molecular weight excluding hydrogens is 252 g/mol. The Bertz CT molecular complexity index is 486. The Morgan fingerprint density at radius 3 is 2.44 bits per heavy atom. The molecule has 2 rings (SSSR count). The van der Waals surface area contributed by atoms with Gasteiger partial charge >= 0.3 is 6.18 Å². The van der Waals surface area contributed by atoms with Crippen LogP contribution in [0.1, 0.15) is 12.0 Å². The smallest absolute Gasteiger partial charge is 0.326 e. The number of carbonyl (C=O) groups is 1. The Balaban J connectivity index is 2.32. The standard InChI is InChI=1S/C11H10F4N2O/c12-9-4-7(1-2-8(9)11(13,14)15)17-5-6(16)3-10(17)18/h1-2,4,6H,3,5,16H2. The summed E-state index contributed by atoms with van der Waals surface area (Å²) in [6.07, 6.45) is -4.63. The molecular formula is C11H10F4N2O. The molecule has 1 atom stereocenters. The third-order valence-electron chi connectivity index (χ3n) is 2.72. The normalized spacial score (nSPS) is 20.6. The molecule has 1 aliphatic heterocycles. The molecule has 1 amide bonds. The highest BCUT2D eigenvalue weighted by Gasteiger charge is 2.35. The quantitative estimate of drug-likeness (QED) is 0.786. The monoisotopic (exact) mass is 262 g/mol. The second kappa shape index (κ2) is 4.24. The average Bonchev–Trinajstić information content (AvgIpc) is 2.55. The highest BCUT2D eigenvalue weighted by atomic mass is 19.4. The predicted molar refractivity (Wildman–Crippen MR) is 56.3 cm³/mol. The van der Waals surface area contributed by atoms with Gasteiger partial charge in [-0.3, -0.25) is 4.79 Å². The zero-order chi connectivity index (χ0) is 13.5. The van der Waals surface area contributed by atoms with Gasteiger partial charge in [0.2, 0.25) is 5.91 Å². The van der Waals surface area contributed by atoms with E-state index in [1.165, 1.54) is 4.90 Å². The van der Waals surface area contributed by atoms with E-state index in [0.717, 1.165) is 6.07 Å². The van der Waals surface area contributed by atoms with Crippen LogP contribution >= 0.6 is 0 Å². The van der Waals surface area contributed by atoms with Crippen molar-refractivity contribution in [2.24, 2.45) is 5.73 Å². The van der Waals surface area contributed by atoms with E-state index in [-0.39, 0.29) is 30.6 Å². The number of halogens is 4. The van der Waals surface area contributed by atoms with Gasteiger partial charge < -0.3 is 10.6 Å². The molecule has 0 bridgehead atoms. The van der Waals surface area contributed by atoms with Crippen LogP contribution in [0.4, 0.5) is 23.2 Å². The number of benzene rings is 1. The molecule has 0 aromatic heterocycles. The number of alkyl halides is 3. The lowest BCUT2D eigenvalue weighted by molar-refractivity contribution is -0.139. The molecule has 98 valence electrons. The molecule has 18 heavy (non-hydrogen) atoms. The van der Waals surface area contributed by atoms with Gasteiger partial charge in [-0.15, -0.1) is 0 Å². The third-order valence-corrected chi connectivity index (χ3v) is 2.72. The minimum absolute atomic E-state index is 0.0958. The summed E-state index contributed by atoms with van der Waals surface area (Å²) in [7, 11) is 0. The van der Waals surface area contributed by atoms with Gasteiger partial charge in [0.1, 0.15) is 5.82 Å². The summed E-state index contributed by atoms with van der Waals surface area (Å²) in [5, 5.41) is 0. The first kappa shape index (κ1) is 12.8. The van der Waals surface area contributed by atoms with E-state index < -0.39 is 17.6 Å². The third kappa shape index (κ3) is 2.31. The van der Waals surface area contributed by atoms with E-state index in [9.17, 15) is 22.4 Å². The van der Waals surface area contributed by atoms with Gasteiger partial charge in [-0.2, -0.15) is 13.2 Å². The van der Waals surface area contributed by atoms with Gasteiger partial charge in [-0.1, -0.05) is 0 Å². The molecule has 2 N–H and O–H groups in total. The Labute approximate surface area is 100 Å². The van der Waals surface area contributed by atoms with Crippen molar-refractivity contribution in [2.75, 3.05) is 11.4 Å². The van der Waals surface area contributed by atoms with Crippen LogP contribution in [0.5, 0.6) is 0 Å². The van der Waals surface area contributed by atoms with Gasteiger partial charge in [0, 0.05) is 24.7 Å². The Hall–Kier alpha value is -1.63. The van der Waals surface area contributed by atoms with Crippen molar-refractivity contribution < 1.29 is 22.4 Å². The fourth-order valence-electron chi connectivity index (χ4n) is 1.89. The lowest BCUT2D eigenvalue weighted by Gasteiger charge is -2.17. The molecule has 3 nitrogen and oxygen atoms in total. The van der Waals surface area contributed by atoms with Crippen LogP contribution in [0.3, 0.4) is 0 Å². The largest absolute Gasteiger partial charge is 0.419 e. The molecule has 1 fully saturated rings. The molecule has 7 heteroatoms. The van der Waals surface area contributed by atoms with Crippen molar-refractivity contribution >= 4 is 11.6 Å². The maximum Gasteiger partial charge on any atom is 0.419 e. The number of hydrogen-bond acceptors (Lipinski definition) is 2. The van der Waals surface area contributed by atoms with Crippen molar-refractivity contribution in [3.8, 4) is 0 Å². The lowest BCUT2D eigenvalue weighted by atomic mass is 10.1. The summed E-state index contributed by atoms with van der Waals surface area (Å²) >= 11 is 0. The summed E-state index contributed by atoms with van der Waals surface area (Å²) in [6, 6.07) is 2.03. The van der Waals surface area contributed by atoms with Gasteiger partial charge in [-0.25, -0.2) is 4.39 Å². The zero-order valence-corrected chi connectivity index (χ0v) is 9.17. The molecule has 1 aromatic rings. The first-order valence-electron chi connectivity index (χ1n) is 5.21. The summed E-state index contributed by atoms with van der Waals surface area (Å²) in [4.78, 5) is 12.7. The maximum absolute atomic E-state index is 13.3. The minimum atomic E-state index is -4.74. The molecule has 0 radical (unpaired) electrons. The van der Waals surface area contributed by atoms with Crippen molar-refractivity contribution in [3.63, 3.8) is 0 Å². The zero-order valence-electron chi connectivity index (χ0n) is 9.17. The summed E-state index contributed by atoms with van der Waals surface area (Å²) in [5.74, 6) is -1.71. The van der Waals surface area contributed by atoms with Crippen molar-refractivity contribution in [2.45, 2.75) is 18.6 Å². The second-order valence-corrected chi connectivity index (χ2v) is 4.13. The van der Waals surface area contributed by atoms with Gasteiger partial charge in [0.05, 0.1) is 5.56 Å². The van der Waals surface area contributed by atoms with Crippen molar-refractivity contribution in [1.82, 2.24) is 0 Å². The van der Waals surface area contributed by atoms with Gasteiger partial charge in [-0.05, 0) is 18.2 Å². The molecule has 1 unspecified atom stereocenters. The Kier molecular flexibility index (Phi) is 3.02. The maximum atomic E-state index is 13.3. The molecule has 1 saturated heterocycles. The summed E-state index contributed by atoms with van der Waals surface area (Å²) in [5.41, 5.74) is 4.30. The lowest BCUT2D eigenvalue weighted by Crippen LogP contribution is -2.28. The molecule has 0 aliphatic carbocycles. The molecule has 1 aromatic carbocycles. The van der Waals surface area contributed by atoms with E-state index in [4.69, 9.17) is 5.73 Å². The second-order valence-electron chi connectivity index (χ2n) is 4.13. The number of nitrogens with zero attached hydrogens (tertiary/aromatic N) is 1. The van der Waals surface area contributed by atoms with Crippen LogP contribution in [0.2, 0.25) is 0 Å². The highest BCUT2D eigenvalue weighted by molar-refractivity contribution is 5.96. The van der Waals surface area contributed by atoms with E-state index >= 15 is 0 Å². The van der Waals surface area contributed by atoms with Crippen LogP contribution in [-0.2, 0) is 11.0 Å². The van der Waals surface area contributed by atoms with E-state index in [1.54, 1.807) is 0 Å². The predicted octanol–water partition coefficient (Wildman–Crippen LogP) is 1.91. The van der Waals surface area contributed by atoms with Gasteiger partial charge in [0.25, 0.3) is 0 Å². The van der Waals surface area contributed by atoms with Crippen LogP contribution in [-0.4, -0.2) is 18.5 Å². The number of nitrogens with two attached hydrogens (primary N) is 1. The molecule has 1 heterocycles. The fourth-order valence-corrected chi connectivity index (χ4v) is 1.89. The first-order chi connectivity index (χ1) is 8.29. The number of carbonyl (C=O) groups excluding carboxylic acids is 1. The van der Waals surface area contributed by atoms with Crippen molar-refractivity contribution in [1.29, 1.82) is 0 Å². The van der Waals surface area contributed by atoms with Crippen LogP contribution in [0.15, 0.2) is 18.2 Å². The molecule has 1 aliphatic rings. The average molecular weight is 262 g/mol. The highest BCUT2D eigenvalue weighted by Crippen LogP contribution is 2.33. The van der Waals surface area contributed by atoms with Crippen molar-refractivity contribution in [3.05, 3.63) is 29.6 Å². The van der Waals surface area contributed by atoms with Crippen LogP contribution < -0.4 is 10.6 Å². The topological polar surface area (TPSA) is 46.3 Å². The minimum Gasteiger partial charge on any atom is -0.326 e. The SMILES string of the molecule is NC1CC(=O)N(c2ccc(C(F)(F)F)c(F)c2)C1.